The lowest BCUT2D eigenvalue weighted by atomic mass is 10.1. The molecule has 0 atom stereocenters. The maximum Gasteiger partial charge on any atom is 0.164 e. The molecule has 0 saturated carbocycles. The van der Waals surface area contributed by atoms with Crippen LogP contribution in [0.15, 0.2) is 91.9 Å². The van der Waals surface area contributed by atoms with E-state index in [1.54, 1.807) is 0 Å². The van der Waals surface area contributed by atoms with Crippen molar-refractivity contribution in [2.45, 2.75) is 21.3 Å². The Morgan fingerprint density at radius 3 is 1.97 bits per heavy atom. The summed E-state index contributed by atoms with van der Waals surface area (Å²) >= 11 is 2.12. The third-order valence-corrected chi connectivity index (χ3v) is 7.93. The van der Waals surface area contributed by atoms with Gasteiger partial charge in [-0.3, -0.25) is 0 Å². The van der Waals surface area contributed by atoms with Gasteiger partial charge in [0.15, 0.2) is 3.77 Å². The predicted octanol–water partition coefficient (Wildman–Crippen LogP) is 7.20. The van der Waals surface area contributed by atoms with E-state index in [-0.39, 0.29) is 11.6 Å². The standard InChI is InChI=1S/C23H15F2IO2S/c24-14-1-8-21-19(11-14)20-12-15(25)2-9-22(20)29(21)18-6-3-16(4-7-18)27-13-17-5-10-23(26)28-17/h1-12,29H,13H2. The molecule has 2 heterocycles. The van der Waals surface area contributed by atoms with E-state index in [0.717, 1.165) is 41.1 Å². The minimum absolute atomic E-state index is 0.313. The monoisotopic (exact) mass is 520 g/mol. The van der Waals surface area contributed by atoms with Crippen LogP contribution in [0.5, 0.6) is 5.75 Å². The van der Waals surface area contributed by atoms with Crippen LogP contribution in [-0.4, -0.2) is 0 Å². The van der Waals surface area contributed by atoms with Crippen LogP contribution in [0.4, 0.5) is 8.78 Å². The molecule has 0 saturated heterocycles. The molecule has 0 unspecified atom stereocenters. The van der Waals surface area contributed by atoms with Gasteiger partial charge in [-0.15, -0.1) is 0 Å². The SMILES string of the molecule is Fc1ccc2c(c1)-c1cc(F)ccc1[SH]2c1ccc(OCc2ccc(I)o2)cc1. The molecule has 2 nitrogen and oxygen atoms in total. The molecule has 1 aliphatic rings. The van der Waals surface area contributed by atoms with Crippen LogP contribution < -0.4 is 4.74 Å². The second-order valence-corrected chi connectivity index (χ2v) is 9.86. The Kier molecular flexibility index (Phi) is 4.83. The molecule has 29 heavy (non-hydrogen) atoms. The summed E-state index contributed by atoms with van der Waals surface area (Å²) in [6.45, 7) is 0.362. The molecule has 4 aromatic rings. The van der Waals surface area contributed by atoms with Crippen LogP contribution in [0.3, 0.4) is 0 Å². The van der Waals surface area contributed by atoms with Gasteiger partial charge in [0, 0.05) is 9.79 Å². The molecule has 0 amide bonds. The smallest absolute Gasteiger partial charge is 0.164 e. The zero-order chi connectivity index (χ0) is 20.0. The lowest BCUT2D eigenvalue weighted by molar-refractivity contribution is 0.267. The van der Waals surface area contributed by atoms with Gasteiger partial charge in [-0.05, 0) is 111 Å². The molecule has 0 spiro atoms. The Bertz CT molecular complexity index is 1150. The molecule has 0 aliphatic carbocycles. The molecule has 0 fully saturated rings. The van der Waals surface area contributed by atoms with Crippen LogP contribution in [0.25, 0.3) is 11.1 Å². The zero-order valence-corrected chi connectivity index (χ0v) is 18.1. The van der Waals surface area contributed by atoms with Gasteiger partial charge >= 0.3 is 0 Å². The molecule has 1 aliphatic heterocycles. The molecular weight excluding hydrogens is 505 g/mol. The first-order valence-corrected chi connectivity index (χ1v) is 11.4. The molecule has 3 aromatic carbocycles. The summed E-state index contributed by atoms with van der Waals surface area (Å²) in [5.41, 5.74) is 1.55. The number of ether oxygens (including phenoxy) is 1. The lowest BCUT2D eigenvalue weighted by Gasteiger charge is -2.19. The van der Waals surface area contributed by atoms with Crippen LogP contribution in [0.1, 0.15) is 5.76 Å². The first-order chi connectivity index (χ1) is 14.1. The number of halogens is 3. The fourth-order valence-electron chi connectivity index (χ4n) is 3.52. The van der Waals surface area contributed by atoms with Gasteiger partial charge in [0.2, 0.25) is 0 Å². The van der Waals surface area contributed by atoms with Crippen molar-refractivity contribution in [1.29, 1.82) is 0 Å². The Morgan fingerprint density at radius 1 is 0.793 bits per heavy atom. The Balaban J connectivity index is 1.46. The normalized spacial score (nSPS) is 13.3. The quantitative estimate of drug-likeness (QED) is 0.200. The lowest BCUT2D eigenvalue weighted by Crippen LogP contribution is -1.93. The molecule has 0 radical (unpaired) electrons. The highest BCUT2D eigenvalue weighted by molar-refractivity contribution is 14.1. The predicted molar refractivity (Wildman–Crippen MR) is 118 cm³/mol. The maximum atomic E-state index is 13.9. The Hall–Kier alpha value is -2.32. The molecule has 1 aromatic heterocycles. The van der Waals surface area contributed by atoms with Crippen LogP contribution in [0.2, 0.25) is 0 Å². The van der Waals surface area contributed by atoms with Gasteiger partial charge in [0.05, 0.1) is 0 Å². The summed E-state index contributed by atoms with van der Waals surface area (Å²) in [4.78, 5) is 3.19. The van der Waals surface area contributed by atoms with Gasteiger partial charge in [0.1, 0.15) is 29.8 Å². The van der Waals surface area contributed by atoms with Crippen molar-refractivity contribution in [2.75, 3.05) is 0 Å². The van der Waals surface area contributed by atoms with E-state index in [1.807, 2.05) is 48.5 Å². The van der Waals surface area contributed by atoms with Crippen molar-refractivity contribution in [1.82, 2.24) is 0 Å². The van der Waals surface area contributed by atoms with Crippen molar-refractivity contribution in [2.24, 2.45) is 0 Å². The molecular formula is C23H15F2IO2S. The van der Waals surface area contributed by atoms with Crippen LogP contribution in [0, 0.1) is 15.4 Å². The summed E-state index contributed by atoms with van der Waals surface area (Å²) in [7, 11) is -0.867. The van der Waals surface area contributed by atoms with Crippen molar-refractivity contribution in [3.8, 4) is 16.9 Å². The fourth-order valence-corrected chi connectivity index (χ4v) is 6.55. The zero-order valence-electron chi connectivity index (χ0n) is 15.0. The van der Waals surface area contributed by atoms with Gasteiger partial charge in [-0.25, -0.2) is 8.78 Å². The van der Waals surface area contributed by atoms with Gasteiger partial charge in [-0.2, -0.15) is 10.9 Å². The highest BCUT2D eigenvalue weighted by atomic mass is 127. The molecule has 0 bridgehead atoms. The molecule has 146 valence electrons. The van der Waals surface area contributed by atoms with E-state index >= 15 is 0 Å². The maximum absolute atomic E-state index is 13.9. The number of benzene rings is 3. The molecule has 5 rings (SSSR count). The highest BCUT2D eigenvalue weighted by Gasteiger charge is 2.28. The van der Waals surface area contributed by atoms with E-state index < -0.39 is 10.9 Å². The van der Waals surface area contributed by atoms with Crippen molar-refractivity contribution in [3.05, 3.63) is 94.0 Å². The minimum Gasteiger partial charge on any atom is -0.486 e. The Labute approximate surface area is 183 Å². The number of hydrogen-bond donors (Lipinski definition) is 1. The first-order valence-electron chi connectivity index (χ1n) is 8.95. The minimum atomic E-state index is -0.867. The topological polar surface area (TPSA) is 22.4 Å². The van der Waals surface area contributed by atoms with E-state index in [0.29, 0.717) is 6.61 Å². The van der Waals surface area contributed by atoms with E-state index in [1.165, 1.54) is 24.3 Å². The van der Waals surface area contributed by atoms with Crippen LogP contribution >= 0.6 is 33.5 Å². The fraction of sp³-hybridized carbons (Fsp3) is 0.0435. The molecule has 6 heteroatoms. The Morgan fingerprint density at radius 2 is 1.41 bits per heavy atom. The van der Waals surface area contributed by atoms with Crippen molar-refractivity contribution >= 4 is 33.5 Å². The van der Waals surface area contributed by atoms with Crippen molar-refractivity contribution < 1.29 is 17.9 Å². The second-order valence-electron chi connectivity index (χ2n) is 6.65. The van der Waals surface area contributed by atoms with Gasteiger partial charge < -0.3 is 9.15 Å². The van der Waals surface area contributed by atoms with Gasteiger partial charge in [-0.1, -0.05) is 0 Å². The van der Waals surface area contributed by atoms with Crippen LogP contribution in [-0.2, 0) is 6.61 Å². The summed E-state index contributed by atoms with van der Waals surface area (Å²) in [6.07, 6.45) is 0. The van der Waals surface area contributed by atoms with E-state index in [9.17, 15) is 8.78 Å². The third kappa shape index (κ3) is 3.55. The summed E-state index contributed by atoms with van der Waals surface area (Å²) < 4.78 is 39.8. The van der Waals surface area contributed by atoms with E-state index in [2.05, 4.69) is 22.6 Å². The number of furan rings is 1. The van der Waals surface area contributed by atoms with E-state index in [4.69, 9.17) is 9.15 Å². The number of rotatable bonds is 4. The number of fused-ring (bicyclic) bond motifs is 3. The largest absolute Gasteiger partial charge is 0.486 e. The summed E-state index contributed by atoms with van der Waals surface area (Å²) in [6, 6.07) is 21.3. The first kappa shape index (κ1) is 18.7. The average Bonchev–Trinajstić information content (AvgIpc) is 3.27. The number of hydrogen-bond acceptors (Lipinski definition) is 2. The highest BCUT2D eigenvalue weighted by Crippen LogP contribution is 2.62. The molecule has 0 N–H and O–H groups in total. The summed E-state index contributed by atoms with van der Waals surface area (Å²) in [5, 5.41) is 0. The summed E-state index contributed by atoms with van der Waals surface area (Å²) in [5.74, 6) is 0.887. The second kappa shape index (κ2) is 7.50. The average molecular weight is 520 g/mol. The third-order valence-electron chi connectivity index (χ3n) is 4.79. The van der Waals surface area contributed by atoms with Gasteiger partial charge in [0.25, 0.3) is 0 Å². The van der Waals surface area contributed by atoms with Crippen molar-refractivity contribution in [3.63, 3.8) is 0 Å². The number of thiol groups is 1.